The Hall–Kier alpha value is -2.80. The molecule has 2 aromatic rings. The van der Waals surface area contributed by atoms with Crippen LogP contribution < -0.4 is 9.62 Å². The third-order valence-electron chi connectivity index (χ3n) is 5.50. The third-order valence-corrected chi connectivity index (χ3v) is 7.61. The summed E-state index contributed by atoms with van der Waals surface area (Å²) in [5.74, 6) is -0.0103. The van der Waals surface area contributed by atoms with Crippen LogP contribution in [0.4, 0.5) is 11.4 Å². The molecule has 1 N–H and O–H groups in total. The summed E-state index contributed by atoms with van der Waals surface area (Å²) >= 11 is 0. The van der Waals surface area contributed by atoms with Crippen LogP contribution in [-0.2, 0) is 32.3 Å². The first kappa shape index (κ1) is 20.5. The summed E-state index contributed by atoms with van der Waals surface area (Å²) in [5.41, 5.74) is 4.95. The quantitative estimate of drug-likeness (QED) is 0.766. The molecule has 4 rings (SSSR count). The van der Waals surface area contributed by atoms with Gasteiger partial charge in [0.2, 0.25) is 11.8 Å². The first-order valence-corrected chi connectivity index (χ1v) is 11.6. The molecule has 0 aromatic heterocycles. The van der Waals surface area contributed by atoms with Crippen molar-refractivity contribution in [3.05, 3.63) is 53.6 Å². The Morgan fingerprint density at radius 3 is 2.53 bits per heavy atom. The number of rotatable bonds is 3. The highest BCUT2D eigenvalue weighted by Gasteiger charge is 2.34. The number of fused-ring (bicyclic) bond motifs is 1. The molecule has 1 unspecified atom stereocenters. The van der Waals surface area contributed by atoms with Gasteiger partial charge in [-0.3, -0.25) is 13.9 Å². The number of hydrogen-bond donors (Lipinski definition) is 1. The Labute approximate surface area is 178 Å². The van der Waals surface area contributed by atoms with Gasteiger partial charge in [-0.15, -0.1) is 0 Å². The van der Waals surface area contributed by atoms with Crippen LogP contribution in [-0.4, -0.2) is 33.0 Å². The van der Waals surface area contributed by atoms with Crippen LogP contribution in [0.5, 0.6) is 0 Å². The SMILES string of the molecule is CC(=O)N1CCc2ccc(S3(=O)=CN3c3cccc(NC(=O)C(C)(C)C)c3)cc2C1. The van der Waals surface area contributed by atoms with E-state index in [-0.39, 0.29) is 11.8 Å². The number of nitrogens with one attached hydrogen (secondary N) is 1. The minimum Gasteiger partial charge on any atom is -0.338 e. The van der Waals surface area contributed by atoms with Crippen molar-refractivity contribution >= 4 is 38.4 Å². The zero-order chi connectivity index (χ0) is 21.7. The monoisotopic (exact) mass is 425 g/mol. The molecule has 0 aliphatic carbocycles. The van der Waals surface area contributed by atoms with Gasteiger partial charge in [-0.2, -0.15) is 0 Å². The molecule has 6 nitrogen and oxygen atoms in total. The van der Waals surface area contributed by atoms with Crippen molar-refractivity contribution in [1.82, 2.24) is 4.90 Å². The first-order valence-electron chi connectivity index (χ1n) is 10.1. The molecule has 2 amide bonds. The molecule has 2 aliphatic heterocycles. The second kappa shape index (κ2) is 7.16. The summed E-state index contributed by atoms with van der Waals surface area (Å²) in [5, 5.41) is 2.92. The molecule has 2 heterocycles. The Bertz CT molecular complexity index is 1160. The maximum absolute atomic E-state index is 13.5. The van der Waals surface area contributed by atoms with Crippen molar-refractivity contribution in [3.8, 4) is 0 Å². The van der Waals surface area contributed by atoms with Crippen LogP contribution in [0.15, 0.2) is 47.4 Å². The fraction of sp³-hybridized carbons (Fsp3) is 0.348. The summed E-state index contributed by atoms with van der Waals surface area (Å²) in [6, 6.07) is 13.3. The van der Waals surface area contributed by atoms with E-state index < -0.39 is 15.1 Å². The molecule has 0 saturated carbocycles. The highest BCUT2D eigenvalue weighted by atomic mass is 32.2. The van der Waals surface area contributed by atoms with Crippen molar-refractivity contribution in [3.63, 3.8) is 0 Å². The zero-order valence-electron chi connectivity index (χ0n) is 17.8. The largest absolute Gasteiger partial charge is 0.338 e. The Morgan fingerprint density at radius 1 is 1.07 bits per heavy atom. The number of anilines is 2. The lowest BCUT2D eigenvalue weighted by Gasteiger charge is -2.28. The summed E-state index contributed by atoms with van der Waals surface area (Å²) in [4.78, 5) is 26.6. The lowest BCUT2D eigenvalue weighted by Crippen LogP contribution is -2.34. The molecule has 0 saturated heterocycles. The first-order chi connectivity index (χ1) is 14.1. The van der Waals surface area contributed by atoms with Gasteiger partial charge in [0.25, 0.3) is 0 Å². The number of carbonyl (C=O) groups excluding carboxylic acids is 2. The number of amides is 2. The van der Waals surface area contributed by atoms with E-state index in [4.69, 9.17) is 0 Å². The fourth-order valence-corrected chi connectivity index (χ4v) is 5.45. The van der Waals surface area contributed by atoms with E-state index >= 15 is 0 Å². The maximum Gasteiger partial charge on any atom is 0.229 e. The van der Waals surface area contributed by atoms with Crippen molar-refractivity contribution in [2.24, 2.45) is 5.41 Å². The van der Waals surface area contributed by atoms with Crippen LogP contribution in [0.25, 0.3) is 0 Å². The number of hydrogen-bond acceptors (Lipinski definition) is 3. The topological polar surface area (TPSA) is 69.5 Å². The average molecular weight is 426 g/mol. The number of benzene rings is 2. The van der Waals surface area contributed by atoms with Crippen molar-refractivity contribution in [2.75, 3.05) is 16.2 Å². The van der Waals surface area contributed by atoms with Crippen LogP contribution in [0.1, 0.15) is 38.8 Å². The van der Waals surface area contributed by atoms with Gasteiger partial charge in [0.05, 0.1) is 16.1 Å². The van der Waals surface area contributed by atoms with E-state index in [1.165, 1.54) is 5.56 Å². The van der Waals surface area contributed by atoms with Crippen LogP contribution in [0, 0.1) is 5.41 Å². The molecule has 0 radical (unpaired) electrons. The normalized spacial score (nSPS) is 20.3. The summed E-state index contributed by atoms with van der Waals surface area (Å²) < 4.78 is 15.3. The molecule has 2 aliphatic rings. The van der Waals surface area contributed by atoms with Crippen molar-refractivity contribution in [2.45, 2.75) is 45.6 Å². The van der Waals surface area contributed by atoms with E-state index in [2.05, 4.69) is 5.32 Å². The predicted octanol–water partition coefficient (Wildman–Crippen LogP) is 3.41. The molecule has 158 valence electrons. The minimum atomic E-state index is -2.45. The smallest absolute Gasteiger partial charge is 0.229 e. The summed E-state index contributed by atoms with van der Waals surface area (Å²) in [7, 11) is -2.45. The van der Waals surface area contributed by atoms with Gasteiger partial charge < -0.3 is 10.2 Å². The van der Waals surface area contributed by atoms with Crippen LogP contribution >= 0.6 is 0 Å². The van der Waals surface area contributed by atoms with Gasteiger partial charge in [-0.05, 0) is 47.9 Å². The van der Waals surface area contributed by atoms with Gasteiger partial charge in [-0.1, -0.05) is 32.9 Å². The highest BCUT2D eigenvalue weighted by Crippen LogP contribution is 2.35. The zero-order valence-corrected chi connectivity index (χ0v) is 18.6. The fourth-order valence-electron chi connectivity index (χ4n) is 3.53. The summed E-state index contributed by atoms with van der Waals surface area (Å²) in [6.07, 6.45) is 0.819. The maximum atomic E-state index is 13.5. The molecule has 30 heavy (non-hydrogen) atoms. The molecule has 0 spiro atoms. The number of carbonyl (C=O) groups is 2. The number of nitrogens with zero attached hydrogens (tertiary/aromatic N) is 2. The lowest BCUT2D eigenvalue weighted by molar-refractivity contribution is -0.129. The summed E-state index contributed by atoms with van der Waals surface area (Å²) in [6.45, 7) is 8.45. The second-order valence-electron chi connectivity index (χ2n) is 8.88. The van der Waals surface area contributed by atoms with Gasteiger partial charge in [0.15, 0.2) is 0 Å². The van der Waals surface area contributed by atoms with E-state index in [9.17, 15) is 13.8 Å². The molecular weight excluding hydrogens is 398 g/mol. The highest BCUT2D eigenvalue weighted by molar-refractivity contribution is 8.11. The lowest BCUT2D eigenvalue weighted by atomic mass is 9.95. The molecule has 0 fully saturated rings. The molecule has 7 heteroatoms. The molecule has 2 aromatic carbocycles. The second-order valence-corrected chi connectivity index (χ2v) is 11.1. The van der Waals surface area contributed by atoms with Crippen LogP contribution in [0.2, 0.25) is 0 Å². The van der Waals surface area contributed by atoms with Crippen molar-refractivity contribution < 1.29 is 13.8 Å². The van der Waals surface area contributed by atoms with Crippen LogP contribution in [0.3, 0.4) is 0 Å². The molecular formula is C23H27N3O3S. The standard InChI is InChI=1S/C23H27N3O3S/c1-16(27)25-11-10-17-8-9-21(12-18(17)14-25)30(29)15-26(30)20-7-5-6-19(13-20)24-22(28)23(2,3)4/h5-9,12-13,15H,10-11,14H2,1-4H3,(H,24,28). The third kappa shape index (κ3) is 3.81. The Kier molecular flexibility index (Phi) is 4.89. The molecule has 1 atom stereocenters. The minimum absolute atomic E-state index is 0.0592. The van der Waals surface area contributed by atoms with Gasteiger partial charge in [0.1, 0.15) is 9.71 Å². The van der Waals surface area contributed by atoms with Gasteiger partial charge in [-0.25, -0.2) is 4.21 Å². The van der Waals surface area contributed by atoms with E-state index in [1.807, 2.05) is 68.1 Å². The van der Waals surface area contributed by atoms with Gasteiger partial charge in [0, 0.05) is 31.1 Å². The van der Waals surface area contributed by atoms with E-state index in [0.29, 0.717) is 12.2 Å². The predicted molar refractivity (Wildman–Crippen MR) is 121 cm³/mol. The van der Waals surface area contributed by atoms with E-state index in [0.717, 1.165) is 29.1 Å². The average Bonchev–Trinajstić information content (AvgIpc) is 3.39. The van der Waals surface area contributed by atoms with E-state index in [1.54, 1.807) is 16.7 Å². The Morgan fingerprint density at radius 2 is 1.83 bits per heavy atom. The van der Waals surface area contributed by atoms with Gasteiger partial charge >= 0.3 is 0 Å². The Balaban J connectivity index is 1.55. The van der Waals surface area contributed by atoms with Crippen molar-refractivity contribution in [1.29, 1.82) is 0 Å². The molecule has 0 bridgehead atoms.